The summed E-state index contributed by atoms with van der Waals surface area (Å²) in [6, 6.07) is 5.93. The molecule has 5 heteroatoms. The number of nitrogens with zero attached hydrogens (tertiary/aromatic N) is 2. The number of benzene rings is 1. The highest BCUT2D eigenvalue weighted by atomic mass is 35.5. The summed E-state index contributed by atoms with van der Waals surface area (Å²) in [5, 5.41) is 13.1. The van der Waals surface area contributed by atoms with Crippen molar-refractivity contribution in [1.82, 2.24) is 14.9 Å². The summed E-state index contributed by atoms with van der Waals surface area (Å²) in [6.07, 6.45) is 0.817. The molecule has 2 unspecified atom stereocenters. The molecule has 110 valence electrons. The molecule has 0 aliphatic heterocycles. The van der Waals surface area contributed by atoms with Gasteiger partial charge in [0.25, 0.3) is 0 Å². The van der Waals surface area contributed by atoms with E-state index in [0.29, 0.717) is 10.9 Å². The van der Waals surface area contributed by atoms with E-state index in [2.05, 4.69) is 28.7 Å². The molecule has 0 fully saturated rings. The van der Waals surface area contributed by atoms with Crippen LogP contribution in [0.2, 0.25) is 5.02 Å². The Morgan fingerprint density at radius 1 is 1.40 bits per heavy atom. The Morgan fingerprint density at radius 3 is 2.85 bits per heavy atom. The van der Waals surface area contributed by atoms with E-state index < -0.39 is 0 Å². The van der Waals surface area contributed by atoms with Gasteiger partial charge in [-0.15, -0.1) is 0 Å². The van der Waals surface area contributed by atoms with E-state index >= 15 is 0 Å². The van der Waals surface area contributed by atoms with Gasteiger partial charge in [-0.2, -0.15) is 0 Å². The predicted octanol–water partition coefficient (Wildman–Crippen LogP) is 2.90. The van der Waals surface area contributed by atoms with E-state index in [0.717, 1.165) is 29.8 Å². The zero-order valence-electron chi connectivity index (χ0n) is 12.2. The molecular weight excluding hydrogens is 274 g/mol. The maximum absolute atomic E-state index is 8.93. The summed E-state index contributed by atoms with van der Waals surface area (Å²) in [5.41, 5.74) is 2.01. The average molecular weight is 296 g/mol. The zero-order valence-corrected chi connectivity index (χ0v) is 13.0. The smallest absolute Gasteiger partial charge is 0.126 e. The molecule has 2 rings (SSSR count). The van der Waals surface area contributed by atoms with Gasteiger partial charge >= 0.3 is 0 Å². The van der Waals surface area contributed by atoms with Gasteiger partial charge in [-0.3, -0.25) is 0 Å². The van der Waals surface area contributed by atoms with Gasteiger partial charge in [0.2, 0.25) is 0 Å². The first-order chi connectivity index (χ1) is 9.52. The average Bonchev–Trinajstić information content (AvgIpc) is 2.73. The van der Waals surface area contributed by atoms with Crippen molar-refractivity contribution in [1.29, 1.82) is 0 Å². The second kappa shape index (κ2) is 6.57. The predicted molar refractivity (Wildman–Crippen MR) is 83.0 cm³/mol. The van der Waals surface area contributed by atoms with Crippen LogP contribution in [-0.2, 0) is 7.05 Å². The number of rotatable bonds is 6. The molecule has 0 aliphatic carbocycles. The van der Waals surface area contributed by atoms with E-state index in [1.54, 1.807) is 0 Å². The Kier molecular flexibility index (Phi) is 5.02. The number of aliphatic hydroxyl groups is 1. The molecule has 1 aromatic carbocycles. The molecule has 2 N–H and O–H groups in total. The quantitative estimate of drug-likeness (QED) is 0.861. The van der Waals surface area contributed by atoms with Gasteiger partial charge in [-0.25, -0.2) is 4.98 Å². The second-order valence-electron chi connectivity index (χ2n) is 5.41. The van der Waals surface area contributed by atoms with Gasteiger partial charge in [0.15, 0.2) is 0 Å². The van der Waals surface area contributed by atoms with Crippen LogP contribution >= 0.6 is 11.6 Å². The molecule has 0 spiro atoms. The van der Waals surface area contributed by atoms with Crippen LogP contribution in [0.25, 0.3) is 11.0 Å². The van der Waals surface area contributed by atoms with Crippen LogP contribution in [0.3, 0.4) is 0 Å². The fraction of sp³-hybridized carbons (Fsp3) is 0.533. The van der Waals surface area contributed by atoms with Crippen molar-refractivity contribution in [2.24, 2.45) is 13.0 Å². The molecule has 0 radical (unpaired) electrons. The number of imidazole rings is 1. The Morgan fingerprint density at radius 2 is 2.15 bits per heavy atom. The van der Waals surface area contributed by atoms with Crippen LogP contribution in [-0.4, -0.2) is 27.8 Å². The normalized spacial score (nSPS) is 14.7. The first-order valence-electron chi connectivity index (χ1n) is 6.99. The number of aryl methyl sites for hydroxylation is 1. The number of hydrogen-bond acceptors (Lipinski definition) is 3. The van der Waals surface area contributed by atoms with Crippen molar-refractivity contribution in [3.8, 4) is 0 Å². The third-order valence-corrected chi connectivity index (χ3v) is 3.89. The first-order valence-corrected chi connectivity index (χ1v) is 7.36. The maximum atomic E-state index is 8.93. The van der Waals surface area contributed by atoms with Crippen molar-refractivity contribution in [3.05, 3.63) is 29.0 Å². The minimum atomic E-state index is 0.160. The van der Waals surface area contributed by atoms with Crippen LogP contribution in [0.15, 0.2) is 18.2 Å². The zero-order chi connectivity index (χ0) is 14.7. The minimum absolute atomic E-state index is 0.160. The highest BCUT2D eigenvalue weighted by molar-refractivity contribution is 6.31. The summed E-state index contributed by atoms with van der Waals surface area (Å²) < 4.78 is 2.10. The molecule has 1 heterocycles. The topological polar surface area (TPSA) is 50.1 Å². The summed E-state index contributed by atoms with van der Waals surface area (Å²) in [7, 11) is 2.02. The lowest BCUT2D eigenvalue weighted by molar-refractivity contribution is 0.258. The highest BCUT2D eigenvalue weighted by Crippen LogP contribution is 2.22. The van der Waals surface area contributed by atoms with E-state index in [1.165, 1.54) is 0 Å². The van der Waals surface area contributed by atoms with Gasteiger partial charge in [0.05, 0.1) is 17.1 Å². The van der Waals surface area contributed by atoms with Crippen molar-refractivity contribution in [2.45, 2.75) is 26.3 Å². The van der Waals surface area contributed by atoms with E-state index in [9.17, 15) is 0 Å². The molecule has 0 amide bonds. The Bertz CT molecular complexity index is 582. The monoisotopic (exact) mass is 295 g/mol. The maximum Gasteiger partial charge on any atom is 0.126 e. The molecule has 0 saturated heterocycles. The van der Waals surface area contributed by atoms with Crippen LogP contribution in [0.1, 0.15) is 32.1 Å². The summed E-state index contributed by atoms with van der Waals surface area (Å²) >= 11 is 6.01. The number of halogens is 1. The minimum Gasteiger partial charge on any atom is -0.396 e. The fourth-order valence-electron chi connectivity index (χ4n) is 2.37. The fourth-order valence-corrected chi connectivity index (χ4v) is 2.54. The number of aromatic nitrogens is 2. The largest absolute Gasteiger partial charge is 0.396 e. The Balaban J connectivity index is 2.13. The van der Waals surface area contributed by atoms with Gasteiger partial charge in [-0.05, 0) is 44.0 Å². The summed E-state index contributed by atoms with van der Waals surface area (Å²) in [5.74, 6) is 1.45. The van der Waals surface area contributed by atoms with Crippen molar-refractivity contribution in [2.75, 3.05) is 13.2 Å². The number of nitrogens with one attached hydrogen (secondary N) is 1. The van der Waals surface area contributed by atoms with Gasteiger partial charge in [0.1, 0.15) is 5.82 Å². The van der Waals surface area contributed by atoms with Crippen LogP contribution in [0.5, 0.6) is 0 Å². The number of aliphatic hydroxyl groups excluding tert-OH is 1. The third-order valence-electron chi connectivity index (χ3n) is 3.66. The molecule has 2 aromatic rings. The SMILES string of the molecule is CC(CCO)CNC(C)c1nc2cc(Cl)ccc2n1C. The molecule has 0 bridgehead atoms. The van der Waals surface area contributed by atoms with Crippen molar-refractivity contribution >= 4 is 22.6 Å². The summed E-state index contributed by atoms with van der Waals surface area (Å²) in [4.78, 5) is 4.66. The van der Waals surface area contributed by atoms with Crippen LogP contribution in [0, 0.1) is 5.92 Å². The summed E-state index contributed by atoms with van der Waals surface area (Å²) in [6.45, 7) is 5.34. The number of hydrogen-bond donors (Lipinski definition) is 2. The first kappa shape index (κ1) is 15.3. The molecule has 20 heavy (non-hydrogen) atoms. The van der Waals surface area contributed by atoms with E-state index in [4.69, 9.17) is 16.7 Å². The van der Waals surface area contributed by atoms with Crippen molar-refractivity contribution < 1.29 is 5.11 Å². The van der Waals surface area contributed by atoms with Crippen LogP contribution < -0.4 is 5.32 Å². The molecule has 2 atom stereocenters. The lowest BCUT2D eigenvalue weighted by Crippen LogP contribution is -2.26. The van der Waals surface area contributed by atoms with Gasteiger partial charge < -0.3 is 15.0 Å². The molecule has 0 aliphatic rings. The highest BCUT2D eigenvalue weighted by Gasteiger charge is 2.15. The Hall–Kier alpha value is -1.10. The van der Waals surface area contributed by atoms with E-state index in [1.807, 2.05) is 25.2 Å². The lowest BCUT2D eigenvalue weighted by atomic mass is 10.1. The van der Waals surface area contributed by atoms with Crippen molar-refractivity contribution in [3.63, 3.8) is 0 Å². The Labute approximate surface area is 124 Å². The molecule has 0 saturated carbocycles. The van der Waals surface area contributed by atoms with Gasteiger partial charge in [-0.1, -0.05) is 18.5 Å². The van der Waals surface area contributed by atoms with Gasteiger partial charge in [0, 0.05) is 18.7 Å². The third kappa shape index (κ3) is 3.32. The second-order valence-corrected chi connectivity index (χ2v) is 5.85. The molecule has 4 nitrogen and oxygen atoms in total. The van der Waals surface area contributed by atoms with E-state index in [-0.39, 0.29) is 12.6 Å². The molecular formula is C15H22ClN3O. The standard InChI is InChI=1S/C15H22ClN3O/c1-10(6-7-20)9-17-11(2)15-18-13-8-12(16)4-5-14(13)19(15)3/h4-5,8,10-11,17,20H,6-7,9H2,1-3H3. The van der Waals surface area contributed by atoms with Crippen LogP contribution in [0.4, 0.5) is 0 Å². The number of fused-ring (bicyclic) bond motifs is 1. The molecule has 1 aromatic heterocycles. The lowest BCUT2D eigenvalue weighted by Gasteiger charge is -2.17.